The summed E-state index contributed by atoms with van der Waals surface area (Å²) in [5.41, 5.74) is 5.41. The summed E-state index contributed by atoms with van der Waals surface area (Å²) in [5.74, 6) is -2.38. The Morgan fingerprint density at radius 2 is 1.39 bits per heavy atom. The van der Waals surface area contributed by atoms with Gasteiger partial charge in [-0.25, -0.2) is 22.7 Å². The number of ether oxygens (including phenoxy) is 2. The van der Waals surface area contributed by atoms with Crippen LogP contribution in [0.5, 0.6) is 0 Å². The molecule has 15 heteroatoms. The van der Waals surface area contributed by atoms with E-state index in [1.54, 1.807) is 4.72 Å². The molecule has 2 aromatic rings. The summed E-state index contributed by atoms with van der Waals surface area (Å²) < 4.78 is 62.3. The number of nitrogens with one attached hydrogen (secondary N) is 1. The molecule has 0 unspecified atom stereocenters. The highest BCUT2D eigenvalue weighted by molar-refractivity contribution is 7.93. The second-order valence-electron chi connectivity index (χ2n) is 4.78. The Labute approximate surface area is 167 Å². The van der Waals surface area contributed by atoms with E-state index >= 15 is 0 Å². The van der Waals surface area contributed by atoms with Gasteiger partial charge in [0, 0.05) is 0 Å². The summed E-state index contributed by atoms with van der Waals surface area (Å²) in [6.45, 7) is 0. The van der Waals surface area contributed by atoms with Gasteiger partial charge in [0.15, 0.2) is 0 Å². The molecule has 0 aromatic carbocycles. The van der Waals surface area contributed by atoms with Crippen molar-refractivity contribution in [3.63, 3.8) is 0 Å². The first-order valence-corrected chi connectivity index (χ1v) is 11.6. The number of methoxy groups -OCH3 is 2. The quantitative estimate of drug-likeness (QED) is 0.346. The SMILES string of the molecule is COC(=O)c1ccc(S(=O)(=O)N=C(N)NS(=O)(=O)c2ccc(C(=O)OC)s2)s1. The highest BCUT2D eigenvalue weighted by atomic mass is 32.3. The molecular weight excluding hydrogens is 454 g/mol. The first-order chi connectivity index (χ1) is 13.0. The van der Waals surface area contributed by atoms with Crippen LogP contribution in [-0.4, -0.2) is 49.0 Å². The molecule has 11 nitrogen and oxygen atoms in total. The van der Waals surface area contributed by atoms with Crippen LogP contribution in [0, 0.1) is 0 Å². The van der Waals surface area contributed by atoms with Crippen molar-refractivity contribution in [2.45, 2.75) is 8.42 Å². The van der Waals surface area contributed by atoms with Gasteiger partial charge in [0.25, 0.3) is 20.0 Å². The maximum Gasteiger partial charge on any atom is 0.348 e. The van der Waals surface area contributed by atoms with E-state index in [0.29, 0.717) is 22.7 Å². The first kappa shape index (κ1) is 21.8. The Morgan fingerprint density at radius 3 is 1.89 bits per heavy atom. The zero-order valence-corrected chi connectivity index (χ0v) is 17.5. The van der Waals surface area contributed by atoms with Gasteiger partial charge in [0.1, 0.15) is 18.2 Å². The molecule has 0 fully saturated rings. The Morgan fingerprint density at radius 1 is 0.929 bits per heavy atom. The van der Waals surface area contributed by atoms with E-state index in [2.05, 4.69) is 13.9 Å². The maximum atomic E-state index is 12.3. The van der Waals surface area contributed by atoms with Gasteiger partial charge in [-0.05, 0) is 24.3 Å². The van der Waals surface area contributed by atoms with E-state index in [9.17, 15) is 26.4 Å². The van der Waals surface area contributed by atoms with E-state index in [-0.39, 0.29) is 18.2 Å². The van der Waals surface area contributed by atoms with Crippen LogP contribution >= 0.6 is 22.7 Å². The zero-order valence-electron chi connectivity index (χ0n) is 14.2. The fourth-order valence-corrected chi connectivity index (χ4v) is 6.03. The van der Waals surface area contributed by atoms with Crippen molar-refractivity contribution < 1.29 is 35.9 Å². The van der Waals surface area contributed by atoms with Crippen LogP contribution in [0.2, 0.25) is 0 Å². The van der Waals surface area contributed by atoms with Crippen LogP contribution in [0.15, 0.2) is 37.1 Å². The number of carbonyl (C=O) groups is 2. The molecular formula is C13H13N3O8S4. The first-order valence-electron chi connectivity index (χ1n) is 6.99. The van der Waals surface area contributed by atoms with E-state index in [1.165, 1.54) is 12.1 Å². The summed E-state index contributed by atoms with van der Waals surface area (Å²) in [6.07, 6.45) is 0. The lowest BCUT2D eigenvalue weighted by atomic mass is 10.5. The number of rotatable bonds is 6. The number of esters is 2. The summed E-state index contributed by atoms with van der Waals surface area (Å²) in [6, 6.07) is 4.69. The van der Waals surface area contributed by atoms with Gasteiger partial charge in [-0.3, -0.25) is 0 Å². The number of thiophene rings is 2. The van der Waals surface area contributed by atoms with Crippen molar-refractivity contribution in [1.82, 2.24) is 4.72 Å². The van der Waals surface area contributed by atoms with Crippen molar-refractivity contribution in [2.24, 2.45) is 10.1 Å². The fourth-order valence-electron chi connectivity index (χ4n) is 1.73. The molecule has 3 N–H and O–H groups in total. The molecule has 2 aromatic heterocycles. The zero-order chi connectivity index (χ0) is 21.1. The molecule has 0 spiro atoms. The Balaban J connectivity index is 2.24. The largest absolute Gasteiger partial charge is 0.465 e. The van der Waals surface area contributed by atoms with Crippen LogP contribution in [0.25, 0.3) is 0 Å². The summed E-state index contributed by atoms with van der Waals surface area (Å²) >= 11 is 1.19. The predicted octanol–water partition coefficient (Wildman–Crippen LogP) is 0.365. The third kappa shape index (κ3) is 4.86. The number of hydrogen-bond donors (Lipinski definition) is 2. The number of hydrogen-bond acceptors (Lipinski definition) is 10. The molecule has 0 radical (unpaired) electrons. The van der Waals surface area contributed by atoms with Crippen LogP contribution in [0.3, 0.4) is 0 Å². The van der Waals surface area contributed by atoms with Gasteiger partial charge in [-0.1, -0.05) is 0 Å². The van der Waals surface area contributed by atoms with Gasteiger partial charge in [-0.2, -0.15) is 8.42 Å². The molecule has 28 heavy (non-hydrogen) atoms. The van der Waals surface area contributed by atoms with E-state index in [4.69, 9.17) is 5.73 Å². The lowest BCUT2D eigenvalue weighted by molar-refractivity contribution is 0.0597. The average molecular weight is 468 g/mol. The summed E-state index contributed by atoms with van der Waals surface area (Å²) in [4.78, 5) is 22.9. The molecule has 2 rings (SSSR count). The van der Waals surface area contributed by atoms with Crippen LogP contribution in [0.4, 0.5) is 0 Å². The third-order valence-corrected chi connectivity index (χ3v) is 8.65. The third-order valence-electron chi connectivity index (χ3n) is 2.91. The molecule has 0 saturated carbocycles. The molecule has 0 amide bonds. The van der Waals surface area contributed by atoms with Gasteiger partial charge < -0.3 is 15.2 Å². The predicted molar refractivity (Wildman–Crippen MR) is 100 cm³/mol. The minimum absolute atomic E-state index is 0.0179. The number of carbonyl (C=O) groups excluding carboxylic acids is 2. The molecule has 0 aliphatic rings. The number of sulfonamides is 2. The molecule has 0 saturated heterocycles. The molecule has 0 aliphatic carbocycles. The molecule has 0 atom stereocenters. The number of guanidine groups is 1. The lowest BCUT2D eigenvalue weighted by Crippen LogP contribution is -2.37. The van der Waals surface area contributed by atoms with Crippen molar-refractivity contribution >= 4 is 60.6 Å². The van der Waals surface area contributed by atoms with Crippen molar-refractivity contribution in [2.75, 3.05) is 14.2 Å². The maximum absolute atomic E-state index is 12.3. The van der Waals surface area contributed by atoms with Crippen LogP contribution in [-0.2, 0) is 29.5 Å². The second kappa shape index (κ2) is 8.26. The van der Waals surface area contributed by atoms with Gasteiger partial charge >= 0.3 is 11.9 Å². The summed E-state index contributed by atoms with van der Waals surface area (Å²) in [7, 11) is -6.37. The van der Waals surface area contributed by atoms with Crippen LogP contribution in [0.1, 0.15) is 19.3 Å². The molecule has 152 valence electrons. The minimum Gasteiger partial charge on any atom is -0.465 e. The molecule has 0 aliphatic heterocycles. The number of nitrogens with two attached hydrogens (primary N) is 1. The van der Waals surface area contributed by atoms with Gasteiger partial charge in [0.2, 0.25) is 5.96 Å². The molecule has 2 heterocycles. The Bertz CT molecular complexity index is 1140. The standard InChI is InChI=1S/C13H13N3O8S4/c1-23-11(17)7-3-5-9(25-7)27(19,20)15-13(14)16-28(21,22)10-6-4-8(26-10)12(18)24-2/h3-6H,1-2H3,(H3,14,15,16). The second-order valence-corrected chi connectivity index (χ2v) is 10.7. The average Bonchev–Trinajstić information content (AvgIpc) is 3.29. The minimum atomic E-state index is -4.37. The molecule has 0 bridgehead atoms. The Hall–Kier alpha value is -2.49. The van der Waals surface area contributed by atoms with E-state index in [0.717, 1.165) is 26.4 Å². The lowest BCUT2D eigenvalue weighted by Gasteiger charge is -2.05. The van der Waals surface area contributed by atoms with Crippen molar-refractivity contribution in [3.05, 3.63) is 34.0 Å². The fraction of sp³-hybridized carbons (Fsp3) is 0.154. The monoisotopic (exact) mass is 467 g/mol. The highest BCUT2D eigenvalue weighted by Gasteiger charge is 2.23. The summed E-state index contributed by atoms with van der Waals surface area (Å²) in [5, 5.41) is 0. The van der Waals surface area contributed by atoms with E-state index in [1.807, 2.05) is 0 Å². The van der Waals surface area contributed by atoms with Gasteiger partial charge in [0.05, 0.1) is 14.2 Å². The number of nitrogens with zero attached hydrogens (tertiary/aromatic N) is 1. The highest BCUT2D eigenvalue weighted by Crippen LogP contribution is 2.24. The normalized spacial score (nSPS) is 12.4. The van der Waals surface area contributed by atoms with E-state index < -0.39 is 37.9 Å². The van der Waals surface area contributed by atoms with Crippen LogP contribution < -0.4 is 10.5 Å². The van der Waals surface area contributed by atoms with Gasteiger partial charge in [-0.15, -0.1) is 27.1 Å². The van der Waals surface area contributed by atoms with Crippen molar-refractivity contribution in [3.8, 4) is 0 Å². The smallest absolute Gasteiger partial charge is 0.348 e. The van der Waals surface area contributed by atoms with Crippen molar-refractivity contribution in [1.29, 1.82) is 0 Å². The Kier molecular flexibility index (Phi) is 6.43. The topological polar surface area (TPSA) is 171 Å².